The number of H-pyrrole nitrogens is 1. The minimum atomic E-state index is -0.191. The van der Waals surface area contributed by atoms with Crippen LogP contribution in [0.5, 0.6) is 11.5 Å². The van der Waals surface area contributed by atoms with Crippen molar-refractivity contribution in [2.75, 3.05) is 33.9 Å². The number of ether oxygens (including phenoxy) is 3. The Kier molecular flexibility index (Phi) is 5.84. The highest BCUT2D eigenvalue weighted by atomic mass is 79.9. The minimum absolute atomic E-state index is 0.00613. The first kappa shape index (κ1) is 19.9. The normalized spacial score (nSPS) is 17.4. The van der Waals surface area contributed by atoms with Gasteiger partial charge in [-0.1, -0.05) is 28.1 Å². The molecule has 0 amide bonds. The predicted octanol–water partition coefficient (Wildman–Crippen LogP) is 3.28. The highest BCUT2D eigenvalue weighted by molar-refractivity contribution is 9.10. The van der Waals surface area contributed by atoms with Crippen molar-refractivity contribution >= 4 is 26.8 Å². The lowest BCUT2D eigenvalue weighted by atomic mass is 10.1. The monoisotopic (exact) mass is 459 g/mol. The van der Waals surface area contributed by atoms with E-state index in [9.17, 15) is 4.79 Å². The smallest absolute Gasteiger partial charge is 0.258 e. The van der Waals surface area contributed by atoms with Gasteiger partial charge in [0, 0.05) is 23.6 Å². The third-order valence-electron chi connectivity index (χ3n) is 5.03. The molecule has 0 saturated carbocycles. The molecule has 152 valence electrons. The van der Waals surface area contributed by atoms with Gasteiger partial charge in [0.1, 0.15) is 5.82 Å². The van der Waals surface area contributed by atoms with E-state index in [1.807, 2.05) is 12.1 Å². The van der Waals surface area contributed by atoms with Crippen molar-refractivity contribution in [3.8, 4) is 11.5 Å². The molecule has 1 saturated heterocycles. The average molecular weight is 460 g/mol. The largest absolute Gasteiger partial charge is 0.493 e. The topological polar surface area (TPSA) is 76.7 Å². The van der Waals surface area contributed by atoms with Gasteiger partial charge in [0.05, 0.1) is 44.4 Å². The summed E-state index contributed by atoms with van der Waals surface area (Å²) in [6.45, 7) is 2.68. The number of aromatic nitrogens is 2. The lowest BCUT2D eigenvalue weighted by Gasteiger charge is -2.32. The van der Waals surface area contributed by atoms with Crippen LogP contribution in [0.4, 0.5) is 0 Å². The number of halogens is 1. The van der Waals surface area contributed by atoms with E-state index in [1.165, 1.54) is 0 Å². The summed E-state index contributed by atoms with van der Waals surface area (Å²) in [7, 11) is 3.10. The fraction of sp³-hybridized carbons (Fsp3) is 0.333. The highest BCUT2D eigenvalue weighted by Crippen LogP contribution is 2.30. The Labute approximate surface area is 176 Å². The van der Waals surface area contributed by atoms with Crippen LogP contribution in [-0.2, 0) is 11.3 Å². The Morgan fingerprint density at radius 3 is 2.66 bits per heavy atom. The molecule has 0 aliphatic carbocycles. The Morgan fingerprint density at radius 1 is 1.21 bits per heavy atom. The van der Waals surface area contributed by atoms with Gasteiger partial charge < -0.3 is 19.2 Å². The predicted molar refractivity (Wildman–Crippen MR) is 114 cm³/mol. The Bertz CT molecular complexity index is 1070. The summed E-state index contributed by atoms with van der Waals surface area (Å²) in [6, 6.07) is 11.5. The number of nitrogens with one attached hydrogen (secondary N) is 1. The van der Waals surface area contributed by atoms with E-state index in [4.69, 9.17) is 14.2 Å². The van der Waals surface area contributed by atoms with Crippen LogP contribution in [0.3, 0.4) is 0 Å². The lowest BCUT2D eigenvalue weighted by Crippen LogP contribution is -2.38. The van der Waals surface area contributed by atoms with Gasteiger partial charge in [-0.2, -0.15) is 0 Å². The Morgan fingerprint density at radius 2 is 1.93 bits per heavy atom. The van der Waals surface area contributed by atoms with Gasteiger partial charge in [-0.25, -0.2) is 4.98 Å². The number of hydrogen-bond acceptors (Lipinski definition) is 6. The first-order chi connectivity index (χ1) is 14.1. The molecular formula is C21H22BrN3O4. The Hall–Kier alpha value is -2.42. The molecule has 1 aromatic heterocycles. The molecule has 2 aromatic carbocycles. The Balaban J connectivity index is 1.57. The maximum Gasteiger partial charge on any atom is 0.258 e. The second-order valence-corrected chi connectivity index (χ2v) is 7.80. The van der Waals surface area contributed by atoms with Crippen molar-refractivity contribution < 1.29 is 14.2 Å². The number of morpholine rings is 1. The molecule has 0 bridgehead atoms. The second kappa shape index (κ2) is 8.52. The van der Waals surface area contributed by atoms with Gasteiger partial charge in [0.25, 0.3) is 5.56 Å². The van der Waals surface area contributed by atoms with Crippen LogP contribution in [-0.4, -0.2) is 48.8 Å². The summed E-state index contributed by atoms with van der Waals surface area (Å²) in [6.07, 6.45) is -0.00613. The lowest BCUT2D eigenvalue weighted by molar-refractivity contribution is -0.0336. The molecule has 2 heterocycles. The van der Waals surface area contributed by atoms with Gasteiger partial charge in [-0.15, -0.1) is 0 Å². The molecular weight excluding hydrogens is 438 g/mol. The SMILES string of the molecule is COc1cc2nc(CN3CCOC(c4ccc(Br)cc4)C3)[nH]c(=O)c2cc1OC. The molecule has 1 N–H and O–H groups in total. The first-order valence-corrected chi connectivity index (χ1v) is 10.1. The third kappa shape index (κ3) is 4.29. The van der Waals surface area contributed by atoms with Crippen LogP contribution in [0.2, 0.25) is 0 Å². The van der Waals surface area contributed by atoms with Crippen LogP contribution < -0.4 is 15.0 Å². The fourth-order valence-corrected chi connectivity index (χ4v) is 3.79. The number of methoxy groups -OCH3 is 2. The third-order valence-corrected chi connectivity index (χ3v) is 5.55. The van der Waals surface area contributed by atoms with Gasteiger partial charge in [-0.3, -0.25) is 9.69 Å². The molecule has 1 aliphatic rings. The van der Waals surface area contributed by atoms with Gasteiger partial charge in [0.15, 0.2) is 11.5 Å². The van der Waals surface area contributed by atoms with Crippen molar-refractivity contribution in [3.05, 3.63) is 62.6 Å². The number of rotatable bonds is 5. The summed E-state index contributed by atoms with van der Waals surface area (Å²) in [5.41, 5.74) is 1.53. The maximum absolute atomic E-state index is 12.6. The van der Waals surface area contributed by atoms with E-state index >= 15 is 0 Å². The standard InChI is InChI=1S/C21H22BrN3O4/c1-27-17-9-15-16(10-18(17)28-2)23-20(24-21(15)26)12-25-7-8-29-19(11-25)13-3-5-14(22)6-4-13/h3-6,9-10,19H,7-8,11-12H2,1-2H3,(H,23,24,26). The second-order valence-electron chi connectivity index (χ2n) is 6.88. The molecule has 1 unspecified atom stereocenters. The summed E-state index contributed by atoms with van der Waals surface area (Å²) in [5.74, 6) is 1.67. The number of hydrogen-bond donors (Lipinski definition) is 1. The zero-order valence-corrected chi connectivity index (χ0v) is 17.9. The summed E-state index contributed by atoms with van der Waals surface area (Å²) in [5, 5.41) is 0.473. The molecule has 1 fully saturated rings. The summed E-state index contributed by atoms with van der Waals surface area (Å²) >= 11 is 3.46. The number of fused-ring (bicyclic) bond motifs is 1. The van der Waals surface area contributed by atoms with Crippen molar-refractivity contribution in [1.82, 2.24) is 14.9 Å². The molecule has 4 rings (SSSR count). The van der Waals surface area contributed by atoms with Crippen LogP contribution in [0.25, 0.3) is 10.9 Å². The molecule has 7 nitrogen and oxygen atoms in total. The van der Waals surface area contributed by atoms with E-state index in [2.05, 4.69) is 42.9 Å². The molecule has 3 aromatic rings. The van der Waals surface area contributed by atoms with E-state index in [-0.39, 0.29) is 11.7 Å². The first-order valence-electron chi connectivity index (χ1n) is 9.31. The molecule has 1 aliphatic heterocycles. The van der Waals surface area contributed by atoms with Crippen LogP contribution in [0, 0.1) is 0 Å². The van der Waals surface area contributed by atoms with E-state index in [1.54, 1.807) is 26.4 Å². The average Bonchev–Trinajstić information content (AvgIpc) is 2.73. The van der Waals surface area contributed by atoms with Gasteiger partial charge in [0.2, 0.25) is 0 Å². The van der Waals surface area contributed by atoms with Crippen molar-refractivity contribution in [3.63, 3.8) is 0 Å². The van der Waals surface area contributed by atoms with Crippen molar-refractivity contribution in [1.29, 1.82) is 0 Å². The molecule has 8 heteroatoms. The fourth-order valence-electron chi connectivity index (χ4n) is 3.53. The van der Waals surface area contributed by atoms with Crippen LogP contribution in [0.15, 0.2) is 45.7 Å². The minimum Gasteiger partial charge on any atom is -0.493 e. The van der Waals surface area contributed by atoms with Crippen LogP contribution >= 0.6 is 15.9 Å². The summed E-state index contributed by atoms with van der Waals surface area (Å²) < 4.78 is 17.6. The molecule has 1 atom stereocenters. The van der Waals surface area contributed by atoms with E-state index in [0.29, 0.717) is 41.4 Å². The zero-order chi connectivity index (χ0) is 20.4. The van der Waals surface area contributed by atoms with Crippen LogP contribution in [0.1, 0.15) is 17.5 Å². The van der Waals surface area contributed by atoms with Crippen molar-refractivity contribution in [2.45, 2.75) is 12.6 Å². The van der Waals surface area contributed by atoms with E-state index < -0.39 is 0 Å². The highest BCUT2D eigenvalue weighted by Gasteiger charge is 2.23. The maximum atomic E-state index is 12.6. The molecule has 0 radical (unpaired) electrons. The number of aromatic amines is 1. The van der Waals surface area contributed by atoms with Gasteiger partial charge >= 0.3 is 0 Å². The molecule has 0 spiro atoms. The van der Waals surface area contributed by atoms with Crippen molar-refractivity contribution in [2.24, 2.45) is 0 Å². The number of nitrogens with zero attached hydrogens (tertiary/aromatic N) is 2. The van der Waals surface area contributed by atoms with Gasteiger partial charge in [-0.05, 0) is 23.8 Å². The quantitative estimate of drug-likeness (QED) is 0.630. The summed E-state index contributed by atoms with van der Waals surface area (Å²) in [4.78, 5) is 22.4. The zero-order valence-electron chi connectivity index (χ0n) is 16.3. The number of benzene rings is 2. The van der Waals surface area contributed by atoms with E-state index in [0.717, 1.165) is 23.1 Å². The molecule has 29 heavy (non-hydrogen) atoms.